The van der Waals surface area contributed by atoms with E-state index in [0.29, 0.717) is 11.1 Å². The second-order valence-corrected chi connectivity index (χ2v) is 5.30. The van der Waals surface area contributed by atoms with Crippen molar-refractivity contribution in [1.29, 1.82) is 0 Å². The van der Waals surface area contributed by atoms with Crippen LogP contribution in [0.1, 0.15) is 15.9 Å². The second kappa shape index (κ2) is 5.28. The zero-order valence-corrected chi connectivity index (χ0v) is 12.1. The molecular formula is C13H6Br2F2O. The quantitative estimate of drug-likeness (QED) is 0.694. The van der Waals surface area contributed by atoms with Gasteiger partial charge in [-0.1, -0.05) is 0 Å². The summed E-state index contributed by atoms with van der Waals surface area (Å²) in [5, 5.41) is 0. The van der Waals surface area contributed by atoms with Crippen molar-refractivity contribution in [2.75, 3.05) is 0 Å². The monoisotopic (exact) mass is 374 g/mol. The zero-order valence-electron chi connectivity index (χ0n) is 8.88. The molecule has 0 atom stereocenters. The van der Waals surface area contributed by atoms with Crippen LogP contribution in [0.4, 0.5) is 8.78 Å². The standard InChI is InChI=1S/C13H6Br2F2O/c14-9-5-7(1-3-11(9)16)13(18)8-2-4-12(17)10(15)6-8/h1-6H. The number of hydrogen-bond donors (Lipinski definition) is 0. The predicted molar refractivity (Wildman–Crippen MR) is 71.6 cm³/mol. The number of rotatable bonds is 2. The highest BCUT2D eigenvalue weighted by molar-refractivity contribution is 9.10. The highest BCUT2D eigenvalue weighted by Gasteiger charge is 2.12. The Labute approximate surface area is 119 Å². The van der Waals surface area contributed by atoms with Gasteiger partial charge in [-0.3, -0.25) is 4.79 Å². The highest BCUT2D eigenvalue weighted by Crippen LogP contribution is 2.22. The first-order valence-corrected chi connectivity index (χ1v) is 6.52. The molecule has 0 heterocycles. The minimum atomic E-state index is -0.438. The third kappa shape index (κ3) is 2.67. The van der Waals surface area contributed by atoms with Gasteiger partial charge in [-0.2, -0.15) is 0 Å². The van der Waals surface area contributed by atoms with Gasteiger partial charge in [0, 0.05) is 11.1 Å². The Hall–Kier alpha value is -1.07. The van der Waals surface area contributed by atoms with Crippen LogP contribution in [0.2, 0.25) is 0 Å². The van der Waals surface area contributed by atoms with Gasteiger partial charge >= 0.3 is 0 Å². The molecular weight excluding hydrogens is 370 g/mol. The van der Waals surface area contributed by atoms with E-state index < -0.39 is 11.6 Å². The molecule has 92 valence electrons. The molecule has 0 unspecified atom stereocenters. The first-order chi connectivity index (χ1) is 8.49. The average molecular weight is 376 g/mol. The fourth-order valence-electron chi connectivity index (χ4n) is 1.44. The van der Waals surface area contributed by atoms with Gasteiger partial charge in [0.15, 0.2) is 5.78 Å². The lowest BCUT2D eigenvalue weighted by molar-refractivity contribution is 0.103. The number of hydrogen-bond acceptors (Lipinski definition) is 1. The molecule has 0 amide bonds. The molecule has 2 aromatic carbocycles. The molecule has 0 spiro atoms. The summed E-state index contributed by atoms with van der Waals surface area (Å²) in [7, 11) is 0. The minimum Gasteiger partial charge on any atom is -0.289 e. The second-order valence-electron chi connectivity index (χ2n) is 3.59. The van der Waals surface area contributed by atoms with E-state index in [4.69, 9.17) is 0 Å². The van der Waals surface area contributed by atoms with E-state index in [0.717, 1.165) is 0 Å². The summed E-state index contributed by atoms with van der Waals surface area (Å²) in [6, 6.07) is 7.98. The van der Waals surface area contributed by atoms with Crippen LogP contribution in [0, 0.1) is 11.6 Å². The Bertz CT molecular complexity index is 573. The maximum Gasteiger partial charge on any atom is 0.193 e. The van der Waals surface area contributed by atoms with Gasteiger partial charge in [0.1, 0.15) is 11.6 Å². The van der Waals surface area contributed by atoms with Gasteiger partial charge in [-0.15, -0.1) is 0 Å². The summed E-state index contributed by atoms with van der Waals surface area (Å²) in [5.74, 6) is -1.17. The van der Waals surface area contributed by atoms with E-state index in [1.165, 1.54) is 36.4 Å². The van der Waals surface area contributed by atoms with Crippen LogP contribution in [0.3, 0.4) is 0 Å². The zero-order chi connectivity index (χ0) is 13.3. The fraction of sp³-hybridized carbons (Fsp3) is 0. The third-order valence-electron chi connectivity index (χ3n) is 2.36. The van der Waals surface area contributed by atoms with Crippen LogP contribution in [-0.4, -0.2) is 5.78 Å². The summed E-state index contributed by atoms with van der Waals surface area (Å²) in [4.78, 5) is 12.1. The molecule has 2 aromatic rings. The smallest absolute Gasteiger partial charge is 0.193 e. The van der Waals surface area contributed by atoms with Gasteiger partial charge in [-0.25, -0.2) is 8.78 Å². The topological polar surface area (TPSA) is 17.1 Å². The first kappa shape index (κ1) is 13.4. The molecule has 0 aliphatic rings. The Balaban J connectivity index is 2.41. The van der Waals surface area contributed by atoms with Crippen molar-refractivity contribution in [2.45, 2.75) is 0 Å². The van der Waals surface area contributed by atoms with Crippen molar-refractivity contribution in [2.24, 2.45) is 0 Å². The highest BCUT2D eigenvalue weighted by atomic mass is 79.9. The molecule has 0 fully saturated rings. The van der Waals surface area contributed by atoms with Crippen LogP contribution in [0.15, 0.2) is 45.3 Å². The molecule has 5 heteroatoms. The molecule has 0 radical (unpaired) electrons. The fourth-order valence-corrected chi connectivity index (χ4v) is 2.20. The van der Waals surface area contributed by atoms with Crippen LogP contribution in [-0.2, 0) is 0 Å². The Kier molecular flexibility index (Phi) is 3.92. The molecule has 0 saturated carbocycles. The van der Waals surface area contributed by atoms with Crippen molar-refractivity contribution < 1.29 is 13.6 Å². The lowest BCUT2D eigenvalue weighted by Crippen LogP contribution is -2.02. The first-order valence-electron chi connectivity index (χ1n) is 4.94. The minimum absolute atomic E-state index is 0.217. The van der Waals surface area contributed by atoms with Gasteiger partial charge in [-0.05, 0) is 68.3 Å². The van der Waals surface area contributed by atoms with E-state index in [-0.39, 0.29) is 14.7 Å². The van der Waals surface area contributed by atoms with Crippen LogP contribution >= 0.6 is 31.9 Å². The Morgan fingerprint density at radius 2 is 1.22 bits per heavy atom. The molecule has 0 aromatic heterocycles. The van der Waals surface area contributed by atoms with E-state index in [1.807, 2.05) is 0 Å². The average Bonchev–Trinajstić information content (AvgIpc) is 2.35. The maximum absolute atomic E-state index is 13.1. The summed E-state index contributed by atoms with van der Waals surface area (Å²) in [6.45, 7) is 0. The number of ketones is 1. The Morgan fingerprint density at radius 3 is 1.56 bits per heavy atom. The molecule has 0 N–H and O–H groups in total. The summed E-state index contributed by atoms with van der Waals surface area (Å²) in [6.07, 6.45) is 0. The molecule has 2 rings (SSSR count). The van der Waals surface area contributed by atoms with Gasteiger partial charge in [0.25, 0.3) is 0 Å². The van der Waals surface area contributed by atoms with Crippen molar-refractivity contribution >= 4 is 37.6 Å². The SMILES string of the molecule is O=C(c1ccc(F)c(Br)c1)c1ccc(F)c(Br)c1. The number of carbonyl (C=O) groups excluding carboxylic acids is 1. The lowest BCUT2D eigenvalue weighted by atomic mass is 10.0. The van der Waals surface area contributed by atoms with Crippen LogP contribution in [0.25, 0.3) is 0 Å². The predicted octanol–water partition coefficient (Wildman–Crippen LogP) is 4.72. The molecule has 0 aliphatic carbocycles. The molecule has 18 heavy (non-hydrogen) atoms. The number of carbonyl (C=O) groups is 1. The number of benzene rings is 2. The van der Waals surface area contributed by atoms with Crippen molar-refractivity contribution in [3.63, 3.8) is 0 Å². The van der Waals surface area contributed by atoms with E-state index >= 15 is 0 Å². The molecule has 1 nitrogen and oxygen atoms in total. The van der Waals surface area contributed by atoms with Gasteiger partial charge in [0.2, 0.25) is 0 Å². The molecule has 0 aliphatic heterocycles. The lowest BCUT2D eigenvalue weighted by Gasteiger charge is -2.03. The van der Waals surface area contributed by atoms with Crippen molar-refractivity contribution in [1.82, 2.24) is 0 Å². The third-order valence-corrected chi connectivity index (χ3v) is 3.58. The maximum atomic E-state index is 13.1. The summed E-state index contributed by atoms with van der Waals surface area (Å²) in [5.41, 5.74) is 0.670. The largest absolute Gasteiger partial charge is 0.289 e. The van der Waals surface area contributed by atoms with Crippen LogP contribution < -0.4 is 0 Å². The normalized spacial score (nSPS) is 10.4. The van der Waals surface area contributed by atoms with Crippen molar-refractivity contribution in [3.05, 3.63) is 68.1 Å². The van der Waals surface area contributed by atoms with E-state index in [1.54, 1.807) is 0 Å². The molecule has 0 bridgehead atoms. The van der Waals surface area contributed by atoms with E-state index in [2.05, 4.69) is 31.9 Å². The van der Waals surface area contributed by atoms with Gasteiger partial charge < -0.3 is 0 Å². The Morgan fingerprint density at radius 1 is 0.833 bits per heavy atom. The van der Waals surface area contributed by atoms with Crippen molar-refractivity contribution in [3.8, 4) is 0 Å². The number of halogens is 4. The summed E-state index contributed by atoms with van der Waals surface area (Å²) < 4.78 is 26.6. The van der Waals surface area contributed by atoms with Gasteiger partial charge in [0.05, 0.1) is 8.95 Å². The van der Waals surface area contributed by atoms with E-state index in [9.17, 15) is 13.6 Å². The van der Waals surface area contributed by atoms with Crippen LogP contribution in [0.5, 0.6) is 0 Å². The molecule has 0 saturated heterocycles. The summed E-state index contributed by atoms with van der Waals surface area (Å²) >= 11 is 6.03.